The first kappa shape index (κ1) is 9.71. The van der Waals surface area contributed by atoms with Crippen molar-refractivity contribution >= 4 is 15.9 Å². The molecule has 1 atom stereocenters. The van der Waals surface area contributed by atoms with Crippen LogP contribution in [0.5, 0.6) is 0 Å². The molecular weight excluding hydrogens is 218 g/mol. The zero-order chi connectivity index (χ0) is 8.97. The van der Waals surface area contributed by atoms with E-state index < -0.39 is 0 Å². The zero-order valence-corrected chi connectivity index (χ0v) is 8.29. The van der Waals surface area contributed by atoms with Crippen LogP contribution in [0.15, 0.2) is 28.7 Å². The molecule has 0 unspecified atom stereocenters. The molecule has 0 bridgehead atoms. The molecule has 0 aliphatic carbocycles. The largest absolute Gasteiger partial charge is 0.396 e. The van der Waals surface area contributed by atoms with E-state index in [1.165, 1.54) is 0 Å². The summed E-state index contributed by atoms with van der Waals surface area (Å²) in [4.78, 5) is 0. The van der Waals surface area contributed by atoms with Gasteiger partial charge in [0.15, 0.2) is 0 Å². The molecule has 0 fully saturated rings. The lowest BCUT2D eigenvalue weighted by molar-refractivity contribution is 0.268. The number of rotatable bonds is 3. The van der Waals surface area contributed by atoms with Crippen LogP contribution >= 0.6 is 15.9 Å². The van der Waals surface area contributed by atoms with Crippen LogP contribution in [-0.4, -0.2) is 18.3 Å². The highest BCUT2D eigenvalue weighted by atomic mass is 79.9. The summed E-state index contributed by atoms with van der Waals surface area (Å²) >= 11 is 3.37. The summed E-state index contributed by atoms with van der Waals surface area (Å²) < 4.78 is 1.02. The Morgan fingerprint density at radius 3 is 2.75 bits per heavy atom. The first-order chi connectivity index (χ1) is 5.77. The first-order valence-corrected chi connectivity index (χ1v) is 4.63. The number of aliphatic hydroxyl groups is 1. The Kier molecular flexibility index (Phi) is 3.72. The van der Waals surface area contributed by atoms with E-state index >= 15 is 0 Å². The van der Waals surface area contributed by atoms with Gasteiger partial charge in [-0.15, -0.1) is 0 Å². The fourth-order valence-corrected chi connectivity index (χ4v) is 1.49. The molecule has 3 heteroatoms. The van der Waals surface area contributed by atoms with Gasteiger partial charge in [-0.05, 0) is 17.7 Å². The summed E-state index contributed by atoms with van der Waals surface area (Å²) in [6, 6.07) is 7.85. The van der Waals surface area contributed by atoms with E-state index in [1.54, 1.807) is 0 Å². The second-order valence-corrected chi connectivity index (χ2v) is 3.59. The molecule has 0 heterocycles. The van der Waals surface area contributed by atoms with Crippen molar-refractivity contribution in [1.29, 1.82) is 0 Å². The van der Waals surface area contributed by atoms with Crippen molar-refractivity contribution in [3.8, 4) is 0 Å². The zero-order valence-electron chi connectivity index (χ0n) is 6.70. The fourth-order valence-electron chi connectivity index (χ4n) is 1.08. The predicted molar refractivity (Wildman–Crippen MR) is 53.0 cm³/mol. The van der Waals surface area contributed by atoms with E-state index in [2.05, 4.69) is 15.9 Å². The molecule has 0 aromatic heterocycles. The maximum Gasteiger partial charge on any atom is 0.0511 e. The maximum absolute atomic E-state index is 8.98. The molecule has 0 aliphatic heterocycles. The standard InChI is InChI=1S/C9H12BrNO/c10-9-3-1-2-7(4-9)8(5-11)6-12/h1-4,8,12H,5-6,11H2/t8-/m1/s1. The smallest absolute Gasteiger partial charge is 0.0511 e. The van der Waals surface area contributed by atoms with Crippen LogP contribution in [0, 0.1) is 0 Å². The second-order valence-electron chi connectivity index (χ2n) is 2.67. The Hall–Kier alpha value is -0.380. The fraction of sp³-hybridized carbons (Fsp3) is 0.333. The van der Waals surface area contributed by atoms with Gasteiger partial charge in [0.05, 0.1) is 6.61 Å². The average molecular weight is 230 g/mol. The monoisotopic (exact) mass is 229 g/mol. The third-order valence-electron chi connectivity index (χ3n) is 1.82. The number of benzene rings is 1. The van der Waals surface area contributed by atoms with Crippen molar-refractivity contribution in [2.75, 3.05) is 13.2 Å². The second kappa shape index (κ2) is 4.60. The first-order valence-electron chi connectivity index (χ1n) is 3.84. The van der Waals surface area contributed by atoms with Gasteiger partial charge in [0.25, 0.3) is 0 Å². The van der Waals surface area contributed by atoms with Crippen LogP contribution in [0.2, 0.25) is 0 Å². The van der Waals surface area contributed by atoms with E-state index in [9.17, 15) is 0 Å². The molecule has 2 nitrogen and oxygen atoms in total. The molecule has 0 aliphatic rings. The third kappa shape index (κ3) is 2.30. The molecule has 0 amide bonds. The Bertz CT molecular complexity index is 248. The lowest BCUT2D eigenvalue weighted by Crippen LogP contribution is -2.15. The van der Waals surface area contributed by atoms with Crippen molar-refractivity contribution in [2.45, 2.75) is 5.92 Å². The topological polar surface area (TPSA) is 46.2 Å². The Labute approximate surface area is 80.5 Å². The van der Waals surface area contributed by atoms with Gasteiger partial charge < -0.3 is 10.8 Å². The van der Waals surface area contributed by atoms with Gasteiger partial charge in [-0.1, -0.05) is 28.1 Å². The molecule has 0 spiro atoms. The number of hydrogen-bond acceptors (Lipinski definition) is 2. The minimum absolute atomic E-state index is 0.0579. The van der Waals surface area contributed by atoms with E-state index in [4.69, 9.17) is 10.8 Å². The summed E-state index contributed by atoms with van der Waals surface area (Å²) in [6.07, 6.45) is 0. The van der Waals surface area contributed by atoms with Gasteiger partial charge in [-0.3, -0.25) is 0 Å². The van der Waals surface area contributed by atoms with Crippen LogP contribution < -0.4 is 5.73 Å². The van der Waals surface area contributed by atoms with Gasteiger partial charge in [0.1, 0.15) is 0 Å². The van der Waals surface area contributed by atoms with Gasteiger partial charge in [-0.25, -0.2) is 0 Å². The van der Waals surface area contributed by atoms with Gasteiger partial charge >= 0.3 is 0 Å². The van der Waals surface area contributed by atoms with Crippen molar-refractivity contribution in [1.82, 2.24) is 0 Å². The summed E-state index contributed by atoms with van der Waals surface area (Å²) in [6.45, 7) is 0.583. The van der Waals surface area contributed by atoms with Gasteiger partial charge in [0.2, 0.25) is 0 Å². The minimum atomic E-state index is 0.0579. The van der Waals surface area contributed by atoms with E-state index in [0.717, 1.165) is 10.0 Å². The van der Waals surface area contributed by atoms with Crippen LogP contribution in [0.1, 0.15) is 11.5 Å². The van der Waals surface area contributed by atoms with Crippen LogP contribution in [0.25, 0.3) is 0 Å². The highest BCUT2D eigenvalue weighted by Gasteiger charge is 2.07. The minimum Gasteiger partial charge on any atom is -0.396 e. The van der Waals surface area contributed by atoms with Crippen molar-refractivity contribution in [3.05, 3.63) is 34.3 Å². The molecule has 66 valence electrons. The number of hydrogen-bond donors (Lipinski definition) is 2. The van der Waals surface area contributed by atoms with E-state index in [-0.39, 0.29) is 12.5 Å². The number of nitrogens with two attached hydrogens (primary N) is 1. The van der Waals surface area contributed by atoms with Crippen molar-refractivity contribution in [3.63, 3.8) is 0 Å². The summed E-state index contributed by atoms with van der Waals surface area (Å²) in [5.74, 6) is 0.0579. The Balaban J connectivity index is 2.85. The van der Waals surface area contributed by atoms with Gasteiger partial charge in [0, 0.05) is 16.9 Å². The molecule has 1 aromatic rings. The molecule has 1 rings (SSSR count). The van der Waals surface area contributed by atoms with Crippen LogP contribution in [0.4, 0.5) is 0 Å². The summed E-state index contributed by atoms with van der Waals surface area (Å²) in [5.41, 5.74) is 6.57. The highest BCUT2D eigenvalue weighted by molar-refractivity contribution is 9.10. The lowest BCUT2D eigenvalue weighted by Gasteiger charge is -2.11. The Morgan fingerprint density at radius 1 is 1.50 bits per heavy atom. The Morgan fingerprint density at radius 2 is 2.25 bits per heavy atom. The quantitative estimate of drug-likeness (QED) is 0.826. The van der Waals surface area contributed by atoms with Crippen molar-refractivity contribution < 1.29 is 5.11 Å². The third-order valence-corrected chi connectivity index (χ3v) is 2.32. The van der Waals surface area contributed by atoms with Crippen LogP contribution in [0.3, 0.4) is 0 Å². The molecule has 0 saturated heterocycles. The predicted octanol–water partition coefficient (Wildman–Crippen LogP) is 1.48. The van der Waals surface area contributed by atoms with E-state index in [1.807, 2.05) is 24.3 Å². The molecule has 0 saturated carbocycles. The summed E-state index contributed by atoms with van der Waals surface area (Å²) in [5, 5.41) is 8.98. The lowest BCUT2D eigenvalue weighted by atomic mass is 10.0. The number of halogens is 1. The van der Waals surface area contributed by atoms with E-state index in [0.29, 0.717) is 6.54 Å². The molecule has 1 aromatic carbocycles. The normalized spacial score (nSPS) is 12.9. The molecular formula is C9H12BrNO. The molecule has 12 heavy (non-hydrogen) atoms. The maximum atomic E-state index is 8.98. The van der Waals surface area contributed by atoms with Gasteiger partial charge in [-0.2, -0.15) is 0 Å². The van der Waals surface area contributed by atoms with Crippen molar-refractivity contribution in [2.24, 2.45) is 5.73 Å². The van der Waals surface area contributed by atoms with Crippen LogP contribution in [-0.2, 0) is 0 Å². The average Bonchev–Trinajstić information content (AvgIpc) is 2.07. The SMILES string of the molecule is NC[C@H](CO)c1cccc(Br)c1. The summed E-state index contributed by atoms with van der Waals surface area (Å²) in [7, 11) is 0. The molecule has 3 N–H and O–H groups in total. The highest BCUT2D eigenvalue weighted by Crippen LogP contribution is 2.18. The molecule has 0 radical (unpaired) electrons. The number of aliphatic hydroxyl groups excluding tert-OH is 1.